The smallest absolute Gasteiger partial charge is 0.0461 e. The van der Waals surface area contributed by atoms with E-state index in [4.69, 9.17) is 0 Å². The summed E-state index contributed by atoms with van der Waals surface area (Å²) in [5.74, 6) is 0. The molecule has 2 nitrogen and oxygen atoms in total. The zero-order valence-electron chi connectivity index (χ0n) is 48.0. The van der Waals surface area contributed by atoms with Gasteiger partial charge in [0.15, 0.2) is 0 Å². The number of hydrogen-bond donors (Lipinski definition) is 0. The Morgan fingerprint density at radius 2 is 0.237 bits per heavy atom. The lowest BCUT2D eigenvalue weighted by atomic mass is 10.0. The van der Waals surface area contributed by atoms with E-state index in [0.717, 1.165) is 0 Å². The first-order valence-corrected chi connectivity index (χ1v) is 26.8. The quantitative estimate of drug-likeness (QED) is 0.157. The number of rotatable bonds is 7. The van der Waals surface area contributed by atoms with Crippen LogP contribution in [-0.4, -0.2) is 0 Å². The molecule has 0 radical (unpaired) electrons. The van der Waals surface area contributed by atoms with Crippen LogP contribution in [0.25, 0.3) is 11.1 Å². The predicted molar refractivity (Wildman–Crippen MR) is 335 cm³/mol. The lowest BCUT2D eigenvalue weighted by molar-refractivity contribution is 1.26. The SMILES string of the molecule is CC.Cc1ccc(-c2ccc(C)cc2)cc1.Cc1ccc(C)cc1.Cc1ccc(C)cc1.Cc1ccc(N(c2ccc(C)cc2)c2ccc(C)cc2)cc1.Cc1ccc(N(c2ccc(C)cc2)c2ccc(C)cc2)cc1. The summed E-state index contributed by atoms with van der Waals surface area (Å²) >= 11 is 0. The van der Waals surface area contributed by atoms with Crippen LogP contribution in [0.3, 0.4) is 0 Å². The van der Waals surface area contributed by atoms with Crippen molar-refractivity contribution in [3.8, 4) is 11.1 Å². The topological polar surface area (TPSA) is 6.48 Å². The molecule has 10 aromatic rings. The van der Waals surface area contributed by atoms with Gasteiger partial charge in [0, 0.05) is 34.1 Å². The Morgan fingerprint density at radius 1 is 0.145 bits per heavy atom. The fourth-order valence-electron chi connectivity index (χ4n) is 7.82. The van der Waals surface area contributed by atoms with Crippen LogP contribution in [0.2, 0.25) is 0 Å². The van der Waals surface area contributed by atoms with E-state index in [1.54, 1.807) is 0 Å². The molecule has 2 heteroatoms. The van der Waals surface area contributed by atoms with Crippen LogP contribution in [0.1, 0.15) is 80.6 Å². The maximum absolute atomic E-state index is 2.29. The molecule has 0 saturated carbocycles. The minimum atomic E-state index is 1.18. The van der Waals surface area contributed by atoms with Crippen LogP contribution in [-0.2, 0) is 0 Å². The Bertz CT molecular complexity index is 2690. The van der Waals surface area contributed by atoms with Gasteiger partial charge in [-0.2, -0.15) is 0 Å². The van der Waals surface area contributed by atoms with Gasteiger partial charge in [-0.25, -0.2) is 0 Å². The van der Waals surface area contributed by atoms with Gasteiger partial charge in [-0.05, 0) is 167 Å². The van der Waals surface area contributed by atoms with Crippen molar-refractivity contribution in [3.63, 3.8) is 0 Å². The summed E-state index contributed by atoms with van der Waals surface area (Å²) in [5.41, 5.74) is 25.2. The first-order chi connectivity index (χ1) is 36.6. The van der Waals surface area contributed by atoms with Crippen molar-refractivity contribution in [1.82, 2.24) is 0 Å². The highest BCUT2D eigenvalue weighted by Gasteiger charge is 2.13. The molecule has 10 rings (SSSR count). The monoisotopic (exact) mass is 999 g/mol. The molecule has 0 fully saturated rings. The average molecular weight is 999 g/mol. The van der Waals surface area contributed by atoms with E-state index in [-0.39, 0.29) is 0 Å². The van der Waals surface area contributed by atoms with Gasteiger partial charge < -0.3 is 9.80 Å². The Labute approximate surface area is 459 Å². The lowest BCUT2D eigenvalue weighted by Crippen LogP contribution is -2.09. The molecule has 0 bridgehead atoms. The fraction of sp³-hybridized carbons (Fsp3) is 0.189. The van der Waals surface area contributed by atoms with Gasteiger partial charge in [0.2, 0.25) is 0 Å². The van der Waals surface area contributed by atoms with E-state index in [1.807, 2.05) is 13.8 Å². The van der Waals surface area contributed by atoms with Crippen molar-refractivity contribution < 1.29 is 0 Å². The number of benzene rings is 10. The minimum absolute atomic E-state index is 1.18. The Hall–Kier alpha value is -8.20. The number of nitrogens with zero attached hydrogens (tertiary/aromatic N) is 2. The van der Waals surface area contributed by atoms with Crippen molar-refractivity contribution in [2.45, 2.75) is 96.9 Å². The highest BCUT2D eigenvalue weighted by atomic mass is 15.1. The largest absolute Gasteiger partial charge is 0.311 e. The molecule has 76 heavy (non-hydrogen) atoms. The summed E-state index contributed by atoms with van der Waals surface area (Å²) in [7, 11) is 0. The van der Waals surface area contributed by atoms with Gasteiger partial charge in [-0.1, -0.05) is 250 Å². The van der Waals surface area contributed by atoms with Gasteiger partial charge in [-0.3, -0.25) is 0 Å². The van der Waals surface area contributed by atoms with Crippen molar-refractivity contribution in [2.75, 3.05) is 9.80 Å². The predicted octanol–water partition coefficient (Wildman–Crippen LogP) is 21.8. The third kappa shape index (κ3) is 19.3. The number of anilines is 6. The van der Waals surface area contributed by atoms with Crippen LogP contribution in [0.15, 0.2) is 243 Å². The van der Waals surface area contributed by atoms with Gasteiger partial charge in [0.1, 0.15) is 0 Å². The van der Waals surface area contributed by atoms with E-state index < -0.39 is 0 Å². The van der Waals surface area contributed by atoms with Crippen LogP contribution in [0.4, 0.5) is 34.1 Å². The van der Waals surface area contributed by atoms with Crippen LogP contribution in [0.5, 0.6) is 0 Å². The Balaban J connectivity index is 0.000000184. The molecule has 0 aliphatic heterocycles. The third-order valence-corrected chi connectivity index (χ3v) is 12.6. The molecule has 0 amide bonds. The lowest BCUT2D eigenvalue weighted by Gasteiger charge is -2.25. The molecule has 0 aromatic heterocycles. The van der Waals surface area contributed by atoms with Crippen LogP contribution in [0, 0.1) is 83.1 Å². The highest BCUT2D eigenvalue weighted by Crippen LogP contribution is 2.36. The van der Waals surface area contributed by atoms with Gasteiger partial charge in [0.05, 0.1) is 0 Å². The molecule has 0 N–H and O–H groups in total. The Morgan fingerprint density at radius 3 is 0.355 bits per heavy atom. The van der Waals surface area contributed by atoms with Crippen molar-refractivity contribution in [2.24, 2.45) is 0 Å². The summed E-state index contributed by atoms with van der Waals surface area (Å²) in [6.07, 6.45) is 0. The summed E-state index contributed by atoms with van der Waals surface area (Å²) in [6.45, 7) is 29.3. The number of aryl methyl sites for hydroxylation is 12. The molecule has 0 aliphatic rings. The molecule has 0 unspecified atom stereocenters. The average Bonchev–Trinajstić information content (AvgIpc) is 3.43. The highest BCUT2D eigenvalue weighted by molar-refractivity contribution is 5.78. The molecule has 0 saturated heterocycles. The van der Waals surface area contributed by atoms with Crippen LogP contribution < -0.4 is 9.80 Å². The maximum atomic E-state index is 2.29. The second-order valence-electron chi connectivity index (χ2n) is 19.7. The first kappa shape index (κ1) is 58.7. The molecule has 388 valence electrons. The van der Waals surface area contributed by atoms with E-state index in [9.17, 15) is 0 Å². The Kier molecular flexibility index (Phi) is 23.3. The van der Waals surface area contributed by atoms with Gasteiger partial charge >= 0.3 is 0 Å². The summed E-state index contributed by atoms with van der Waals surface area (Å²) in [5, 5.41) is 0. The first-order valence-electron chi connectivity index (χ1n) is 26.8. The standard InChI is InChI=1S/2C21H21N.C14H14.2C8H10.C2H6/c2*1-16-4-10-19(11-5-16)22(20-12-6-17(2)7-13-20)21-14-8-18(3)9-15-21;1-11-3-7-13(8-4-11)14-9-5-12(2)6-10-14;2*1-7-3-5-8(2)6-4-7;1-2/h2*4-15H,1-3H3;3-10H,1-2H3;2*3-6H,1-2H3;1-2H3. The van der Waals surface area contributed by atoms with Crippen molar-refractivity contribution in [3.05, 3.63) is 309 Å². The van der Waals surface area contributed by atoms with Gasteiger partial charge in [0.25, 0.3) is 0 Å². The molecule has 0 heterocycles. The van der Waals surface area contributed by atoms with Gasteiger partial charge in [-0.15, -0.1) is 0 Å². The molecule has 0 aliphatic carbocycles. The molecule has 0 atom stereocenters. The summed E-state index contributed by atoms with van der Waals surface area (Å²) in [4.78, 5) is 4.58. The second kappa shape index (κ2) is 30.2. The maximum Gasteiger partial charge on any atom is 0.0461 e. The van der Waals surface area contributed by atoms with E-state index in [1.165, 1.54) is 112 Å². The van der Waals surface area contributed by atoms with E-state index >= 15 is 0 Å². The van der Waals surface area contributed by atoms with Crippen molar-refractivity contribution in [1.29, 1.82) is 0 Å². The van der Waals surface area contributed by atoms with Crippen LogP contribution >= 0.6 is 0 Å². The zero-order chi connectivity index (χ0) is 55.0. The summed E-state index contributed by atoms with van der Waals surface area (Å²) in [6, 6.07) is 86.2. The van der Waals surface area contributed by atoms with E-state index in [0.29, 0.717) is 0 Å². The number of hydrogen-bond acceptors (Lipinski definition) is 2. The van der Waals surface area contributed by atoms with Crippen molar-refractivity contribution >= 4 is 34.1 Å². The molecule has 10 aromatic carbocycles. The second-order valence-corrected chi connectivity index (χ2v) is 19.7. The molecule has 0 spiro atoms. The molecular formula is C74H82N2. The third-order valence-electron chi connectivity index (χ3n) is 12.6. The zero-order valence-corrected chi connectivity index (χ0v) is 48.0. The van der Waals surface area contributed by atoms with E-state index in [2.05, 4.69) is 336 Å². The fourth-order valence-corrected chi connectivity index (χ4v) is 7.82. The molecular weight excluding hydrogens is 917 g/mol. The summed E-state index contributed by atoms with van der Waals surface area (Å²) < 4.78 is 0. The minimum Gasteiger partial charge on any atom is -0.311 e. The normalized spacial score (nSPS) is 9.97.